The Morgan fingerprint density at radius 3 is 2.48 bits per heavy atom. The zero-order chi connectivity index (χ0) is 18.4. The van der Waals surface area contributed by atoms with Gasteiger partial charge in [0.2, 0.25) is 11.8 Å². The molecule has 1 aliphatic heterocycles. The lowest BCUT2D eigenvalue weighted by Crippen LogP contribution is -2.32. The molecule has 0 bridgehead atoms. The highest BCUT2D eigenvalue weighted by molar-refractivity contribution is 6.02. The fourth-order valence-corrected chi connectivity index (χ4v) is 2.22. The van der Waals surface area contributed by atoms with E-state index in [-0.39, 0.29) is 49.0 Å². The number of carbonyl (C=O) groups is 4. The second kappa shape index (κ2) is 7.99. The first-order valence-electron chi connectivity index (χ1n) is 7.40. The minimum atomic E-state index is -0.759. The normalized spacial score (nSPS) is 13.7. The summed E-state index contributed by atoms with van der Waals surface area (Å²) in [6.45, 7) is -0.727. The number of nitrogens with one attached hydrogen (secondary N) is 1. The molecule has 0 aromatic heterocycles. The molecule has 1 aliphatic rings. The van der Waals surface area contributed by atoms with Crippen molar-refractivity contribution < 1.29 is 28.8 Å². The van der Waals surface area contributed by atoms with Gasteiger partial charge in [-0.25, -0.2) is 0 Å². The van der Waals surface area contributed by atoms with E-state index in [9.17, 15) is 29.3 Å². The van der Waals surface area contributed by atoms with E-state index in [1.807, 2.05) is 0 Å². The molecule has 2 rings (SSSR count). The third kappa shape index (κ3) is 4.83. The van der Waals surface area contributed by atoms with Crippen molar-refractivity contribution in [3.8, 4) is 0 Å². The summed E-state index contributed by atoms with van der Waals surface area (Å²) >= 11 is 0. The number of nitro benzene ring substituents is 1. The monoisotopic (exact) mass is 349 g/mol. The molecule has 0 radical (unpaired) electrons. The molecule has 1 fully saturated rings. The van der Waals surface area contributed by atoms with E-state index in [0.29, 0.717) is 0 Å². The third-order valence-electron chi connectivity index (χ3n) is 3.43. The zero-order valence-corrected chi connectivity index (χ0v) is 13.1. The molecule has 0 aliphatic carbocycles. The average Bonchev–Trinajstić information content (AvgIpc) is 2.89. The SMILES string of the molecule is O=C(COC(=O)CCN1C(=O)CCC1=O)Nc1ccccc1[N+](=O)[O-]. The first-order chi connectivity index (χ1) is 11.9. The van der Waals surface area contributed by atoms with E-state index in [4.69, 9.17) is 4.74 Å². The molecule has 1 aromatic rings. The Morgan fingerprint density at radius 1 is 1.20 bits per heavy atom. The van der Waals surface area contributed by atoms with Gasteiger partial charge in [-0.15, -0.1) is 0 Å². The van der Waals surface area contributed by atoms with Crippen molar-refractivity contribution in [3.63, 3.8) is 0 Å². The Hall–Kier alpha value is -3.30. The minimum absolute atomic E-state index is 0.0122. The summed E-state index contributed by atoms with van der Waals surface area (Å²) in [6, 6.07) is 5.54. The topological polar surface area (TPSA) is 136 Å². The van der Waals surface area contributed by atoms with Crippen molar-refractivity contribution in [1.82, 2.24) is 4.90 Å². The smallest absolute Gasteiger partial charge is 0.308 e. The van der Waals surface area contributed by atoms with E-state index in [1.54, 1.807) is 0 Å². The lowest BCUT2D eigenvalue weighted by atomic mass is 10.2. The van der Waals surface area contributed by atoms with Crippen LogP contribution in [0.3, 0.4) is 0 Å². The highest BCUT2D eigenvalue weighted by Crippen LogP contribution is 2.22. The van der Waals surface area contributed by atoms with E-state index in [2.05, 4.69) is 5.32 Å². The fourth-order valence-electron chi connectivity index (χ4n) is 2.22. The molecule has 25 heavy (non-hydrogen) atoms. The summed E-state index contributed by atoms with van der Waals surface area (Å²) in [5.41, 5.74) is -0.296. The number of likely N-dealkylation sites (tertiary alicyclic amines) is 1. The number of anilines is 1. The van der Waals surface area contributed by atoms with Gasteiger partial charge in [-0.3, -0.25) is 34.2 Å². The Morgan fingerprint density at radius 2 is 1.84 bits per heavy atom. The van der Waals surface area contributed by atoms with Crippen LogP contribution in [-0.2, 0) is 23.9 Å². The van der Waals surface area contributed by atoms with Crippen LogP contribution in [0.2, 0.25) is 0 Å². The predicted molar refractivity (Wildman–Crippen MR) is 83.3 cm³/mol. The highest BCUT2D eigenvalue weighted by Gasteiger charge is 2.29. The quantitative estimate of drug-likeness (QED) is 0.330. The summed E-state index contributed by atoms with van der Waals surface area (Å²) in [5.74, 6) is -2.18. The van der Waals surface area contributed by atoms with Gasteiger partial charge in [0.1, 0.15) is 5.69 Å². The third-order valence-corrected chi connectivity index (χ3v) is 3.43. The molecule has 1 saturated heterocycles. The Balaban J connectivity index is 1.78. The van der Waals surface area contributed by atoms with Crippen LogP contribution >= 0.6 is 0 Å². The lowest BCUT2D eigenvalue weighted by Gasteiger charge is -2.12. The van der Waals surface area contributed by atoms with Gasteiger partial charge in [0.05, 0.1) is 11.3 Å². The number of hydrogen-bond donors (Lipinski definition) is 1. The van der Waals surface area contributed by atoms with Gasteiger partial charge >= 0.3 is 5.97 Å². The number of carbonyl (C=O) groups excluding carboxylic acids is 4. The maximum absolute atomic E-state index is 11.7. The molecular weight excluding hydrogens is 334 g/mol. The van der Waals surface area contributed by atoms with Gasteiger partial charge in [0, 0.05) is 25.5 Å². The van der Waals surface area contributed by atoms with Crippen molar-refractivity contribution in [2.75, 3.05) is 18.5 Å². The summed E-state index contributed by atoms with van der Waals surface area (Å²) in [4.78, 5) is 57.3. The number of nitrogens with zero attached hydrogens (tertiary/aromatic N) is 2. The van der Waals surface area contributed by atoms with Crippen molar-refractivity contribution >= 4 is 35.1 Å². The number of esters is 1. The van der Waals surface area contributed by atoms with Crippen LogP contribution in [0.1, 0.15) is 19.3 Å². The van der Waals surface area contributed by atoms with Gasteiger partial charge in [-0.05, 0) is 6.07 Å². The number of ether oxygens (including phenoxy) is 1. The van der Waals surface area contributed by atoms with Crippen LogP contribution in [0.5, 0.6) is 0 Å². The number of nitro groups is 1. The van der Waals surface area contributed by atoms with Crippen LogP contribution in [0.15, 0.2) is 24.3 Å². The molecule has 132 valence electrons. The molecule has 10 heteroatoms. The number of hydrogen-bond acceptors (Lipinski definition) is 7. The van der Waals surface area contributed by atoms with Gasteiger partial charge in [-0.2, -0.15) is 0 Å². The average molecular weight is 349 g/mol. The van der Waals surface area contributed by atoms with Crippen LogP contribution in [-0.4, -0.2) is 46.7 Å². The van der Waals surface area contributed by atoms with Crippen LogP contribution in [0.25, 0.3) is 0 Å². The molecular formula is C15H15N3O7. The van der Waals surface area contributed by atoms with Gasteiger partial charge in [0.15, 0.2) is 6.61 Å². The van der Waals surface area contributed by atoms with Crippen LogP contribution in [0, 0.1) is 10.1 Å². The number of para-hydroxylation sites is 2. The molecule has 10 nitrogen and oxygen atoms in total. The van der Waals surface area contributed by atoms with E-state index < -0.39 is 23.4 Å². The molecule has 1 N–H and O–H groups in total. The maximum atomic E-state index is 11.7. The van der Waals surface area contributed by atoms with E-state index in [1.165, 1.54) is 24.3 Å². The standard InChI is InChI=1S/C15H15N3O7/c19-12(16-10-3-1-2-4-11(10)18(23)24)9-25-15(22)7-8-17-13(20)5-6-14(17)21/h1-4H,5-9H2,(H,16,19). The molecule has 1 aromatic carbocycles. The first-order valence-corrected chi connectivity index (χ1v) is 7.40. The molecule has 0 spiro atoms. The first kappa shape index (κ1) is 18.0. The molecule has 1 heterocycles. The lowest BCUT2D eigenvalue weighted by molar-refractivity contribution is -0.383. The summed E-state index contributed by atoms with van der Waals surface area (Å²) in [7, 11) is 0. The number of amides is 3. The summed E-state index contributed by atoms with van der Waals surface area (Å²) in [6.07, 6.45) is 0.0362. The molecule has 0 atom stereocenters. The molecule has 0 saturated carbocycles. The van der Waals surface area contributed by atoms with Crippen molar-refractivity contribution in [3.05, 3.63) is 34.4 Å². The Labute approximate surface area is 141 Å². The number of rotatable bonds is 7. The van der Waals surface area contributed by atoms with Crippen LogP contribution < -0.4 is 5.32 Å². The largest absolute Gasteiger partial charge is 0.456 e. The van der Waals surface area contributed by atoms with Gasteiger partial charge in [-0.1, -0.05) is 12.1 Å². The number of imide groups is 1. The van der Waals surface area contributed by atoms with Gasteiger partial charge < -0.3 is 10.1 Å². The summed E-state index contributed by atoms with van der Waals surface area (Å²) in [5, 5.41) is 13.1. The van der Waals surface area contributed by atoms with Gasteiger partial charge in [0.25, 0.3) is 11.6 Å². The zero-order valence-electron chi connectivity index (χ0n) is 13.1. The molecule has 3 amide bonds. The Bertz CT molecular complexity index is 716. The van der Waals surface area contributed by atoms with Crippen molar-refractivity contribution in [2.45, 2.75) is 19.3 Å². The maximum Gasteiger partial charge on any atom is 0.308 e. The molecule has 0 unspecified atom stereocenters. The fraction of sp³-hybridized carbons (Fsp3) is 0.333. The van der Waals surface area contributed by atoms with Crippen molar-refractivity contribution in [1.29, 1.82) is 0 Å². The van der Waals surface area contributed by atoms with Crippen LogP contribution in [0.4, 0.5) is 11.4 Å². The second-order valence-corrected chi connectivity index (χ2v) is 5.17. The Kier molecular flexibility index (Phi) is 5.77. The number of benzene rings is 1. The van der Waals surface area contributed by atoms with Crippen molar-refractivity contribution in [2.24, 2.45) is 0 Å². The highest BCUT2D eigenvalue weighted by atomic mass is 16.6. The minimum Gasteiger partial charge on any atom is -0.456 e. The van der Waals surface area contributed by atoms with E-state index >= 15 is 0 Å². The second-order valence-electron chi connectivity index (χ2n) is 5.17. The summed E-state index contributed by atoms with van der Waals surface area (Å²) < 4.78 is 4.74. The predicted octanol–water partition coefficient (Wildman–Crippen LogP) is 0.616. The van der Waals surface area contributed by atoms with E-state index in [0.717, 1.165) is 4.90 Å².